The van der Waals surface area contributed by atoms with Crippen LogP contribution in [-0.4, -0.2) is 42.3 Å². The second kappa shape index (κ2) is 6.88. The summed E-state index contributed by atoms with van der Waals surface area (Å²) in [6.07, 6.45) is 7.63. The van der Waals surface area contributed by atoms with Crippen molar-refractivity contribution in [2.24, 2.45) is 13.0 Å². The monoisotopic (exact) mass is 353 g/mol. The van der Waals surface area contributed by atoms with Crippen molar-refractivity contribution < 1.29 is 13.2 Å². The van der Waals surface area contributed by atoms with Crippen molar-refractivity contribution in [3.63, 3.8) is 0 Å². The van der Waals surface area contributed by atoms with Crippen LogP contribution in [-0.2, 0) is 17.1 Å². The molecule has 1 N–H and O–H groups in total. The molecular formula is C17H27N3O3S. The minimum atomic E-state index is -3.52. The largest absolute Gasteiger partial charge is 0.348 e. The van der Waals surface area contributed by atoms with Gasteiger partial charge in [0.1, 0.15) is 10.6 Å². The predicted octanol–water partition coefficient (Wildman–Crippen LogP) is 2.12. The Morgan fingerprint density at radius 1 is 1.17 bits per heavy atom. The molecule has 1 aliphatic heterocycles. The molecule has 2 fully saturated rings. The number of rotatable bonds is 4. The van der Waals surface area contributed by atoms with Gasteiger partial charge in [-0.15, -0.1) is 0 Å². The highest BCUT2D eigenvalue weighted by Gasteiger charge is 2.30. The Morgan fingerprint density at radius 2 is 1.79 bits per heavy atom. The molecule has 1 aromatic rings. The number of carbonyl (C=O) groups is 1. The van der Waals surface area contributed by atoms with E-state index in [2.05, 4.69) is 12.2 Å². The predicted molar refractivity (Wildman–Crippen MR) is 92.3 cm³/mol. The first kappa shape index (κ1) is 17.5. The van der Waals surface area contributed by atoms with Crippen molar-refractivity contribution in [2.75, 3.05) is 13.1 Å². The highest BCUT2D eigenvalue weighted by atomic mass is 32.2. The molecule has 0 atom stereocenters. The molecule has 6 nitrogen and oxygen atoms in total. The summed E-state index contributed by atoms with van der Waals surface area (Å²) in [4.78, 5) is 12.7. The number of piperidine rings is 1. The van der Waals surface area contributed by atoms with Crippen LogP contribution in [0.3, 0.4) is 0 Å². The fourth-order valence-corrected chi connectivity index (χ4v) is 5.15. The third-order valence-corrected chi connectivity index (χ3v) is 7.15. The number of amides is 1. The van der Waals surface area contributed by atoms with E-state index in [4.69, 9.17) is 0 Å². The van der Waals surface area contributed by atoms with Crippen molar-refractivity contribution in [1.29, 1.82) is 0 Å². The molecule has 24 heavy (non-hydrogen) atoms. The molecule has 2 heterocycles. The lowest BCUT2D eigenvalue weighted by Gasteiger charge is -2.29. The molecule has 134 valence electrons. The van der Waals surface area contributed by atoms with Gasteiger partial charge in [0.25, 0.3) is 5.91 Å². The average Bonchev–Trinajstić information content (AvgIpc) is 3.17. The summed E-state index contributed by atoms with van der Waals surface area (Å²) in [7, 11) is -1.79. The second-order valence-corrected chi connectivity index (χ2v) is 9.15. The quantitative estimate of drug-likeness (QED) is 0.901. The highest BCUT2D eigenvalue weighted by molar-refractivity contribution is 7.89. The summed E-state index contributed by atoms with van der Waals surface area (Å²) < 4.78 is 28.8. The van der Waals surface area contributed by atoms with Gasteiger partial charge in [0.2, 0.25) is 10.0 Å². The van der Waals surface area contributed by atoms with Crippen LogP contribution in [0.4, 0.5) is 0 Å². The first-order valence-corrected chi connectivity index (χ1v) is 10.3. The lowest BCUT2D eigenvalue weighted by molar-refractivity contribution is 0.0929. The van der Waals surface area contributed by atoms with E-state index < -0.39 is 10.0 Å². The topological polar surface area (TPSA) is 71.4 Å². The van der Waals surface area contributed by atoms with Crippen LogP contribution >= 0.6 is 0 Å². The molecule has 0 radical (unpaired) electrons. The molecule has 1 aliphatic carbocycles. The van der Waals surface area contributed by atoms with Gasteiger partial charge in [-0.05, 0) is 37.7 Å². The van der Waals surface area contributed by atoms with Gasteiger partial charge >= 0.3 is 0 Å². The molecule has 0 bridgehead atoms. The van der Waals surface area contributed by atoms with Gasteiger partial charge in [0, 0.05) is 32.4 Å². The van der Waals surface area contributed by atoms with Crippen molar-refractivity contribution in [2.45, 2.75) is 56.4 Å². The Balaban J connectivity index is 1.76. The Hall–Kier alpha value is -1.34. The molecule has 3 rings (SSSR count). The van der Waals surface area contributed by atoms with E-state index in [1.165, 1.54) is 6.07 Å². The summed E-state index contributed by atoms with van der Waals surface area (Å²) in [5.74, 6) is 0.387. The van der Waals surface area contributed by atoms with Crippen molar-refractivity contribution in [1.82, 2.24) is 14.2 Å². The van der Waals surface area contributed by atoms with Crippen LogP contribution in [0.25, 0.3) is 0 Å². The molecule has 1 saturated carbocycles. The van der Waals surface area contributed by atoms with E-state index in [-0.39, 0.29) is 16.8 Å². The minimum Gasteiger partial charge on any atom is -0.348 e. The second-order valence-electron chi connectivity index (χ2n) is 7.21. The van der Waals surface area contributed by atoms with Crippen LogP contribution in [0, 0.1) is 5.92 Å². The van der Waals surface area contributed by atoms with E-state index in [0.29, 0.717) is 24.7 Å². The lowest BCUT2D eigenvalue weighted by Crippen LogP contribution is -2.37. The van der Waals surface area contributed by atoms with Crippen LogP contribution in [0.5, 0.6) is 0 Å². The summed E-state index contributed by atoms with van der Waals surface area (Å²) in [5, 5.41) is 3.02. The van der Waals surface area contributed by atoms with Crippen LogP contribution in [0.2, 0.25) is 0 Å². The van der Waals surface area contributed by atoms with E-state index in [0.717, 1.165) is 38.5 Å². The van der Waals surface area contributed by atoms with Gasteiger partial charge in [0.15, 0.2) is 0 Å². The molecule has 1 aromatic heterocycles. The Kier molecular flexibility index (Phi) is 5.01. The molecule has 0 unspecified atom stereocenters. The van der Waals surface area contributed by atoms with Gasteiger partial charge in [-0.2, -0.15) is 4.31 Å². The molecule has 1 amide bonds. The first-order chi connectivity index (χ1) is 11.4. The molecule has 0 spiro atoms. The number of nitrogens with zero attached hydrogens (tertiary/aromatic N) is 2. The van der Waals surface area contributed by atoms with Crippen molar-refractivity contribution in [3.05, 3.63) is 18.0 Å². The summed E-state index contributed by atoms with van der Waals surface area (Å²) in [6, 6.07) is 1.73. The number of aromatic nitrogens is 1. The van der Waals surface area contributed by atoms with Gasteiger partial charge in [-0.25, -0.2) is 8.42 Å². The number of hydrogen-bond donors (Lipinski definition) is 1. The van der Waals surface area contributed by atoms with E-state index >= 15 is 0 Å². The summed E-state index contributed by atoms with van der Waals surface area (Å²) in [6.45, 7) is 3.27. The SMILES string of the molecule is CC1CCN(S(=O)(=O)c2cc(C(=O)NC3CCCC3)n(C)c2)CC1. The molecular weight excluding hydrogens is 326 g/mol. The highest BCUT2D eigenvalue weighted by Crippen LogP contribution is 2.25. The summed E-state index contributed by atoms with van der Waals surface area (Å²) >= 11 is 0. The van der Waals surface area contributed by atoms with Gasteiger partial charge < -0.3 is 9.88 Å². The zero-order valence-electron chi connectivity index (χ0n) is 14.5. The average molecular weight is 353 g/mol. The van der Waals surface area contributed by atoms with Gasteiger partial charge in [-0.3, -0.25) is 4.79 Å². The standard InChI is InChI=1S/C17H27N3O3S/c1-13-7-9-20(10-8-13)24(22,23)15-11-16(19(2)12-15)17(21)18-14-5-3-4-6-14/h11-14H,3-10H2,1-2H3,(H,18,21). The van der Waals surface area contributed by atoms with Gasteiger partial charge in [-0.1, -0.05) is 19.8 Å². The molecule has 2 aliphatic rings. The maximum atomic E-state index is 12.8. The maximum Gasteiger partial charge on any atom is 0.268 e. The van der Waals surface area contributed by atoms with E-state index in [1.54, 1.807) is 22.1 Å². The summed E-state index contributed by atoms with van der Waals surface area (Å²) in [5.41, 5.74) is 0.408. The Morgan fingerprint density at radius 3 is 2.42 bits per heavy atom. The van der Waals surface area contributed by atoms with E-state index in [9.17, 15) is 13.2 Å². The normalized spacial score (nSPS) is 21.2. The zero-order chi connectivity index (χ0) is 17.3. The van der Waals surface area contributed by atoms with Crippen molar-refractivity contribution in [3.8, 4) is 0 Å². The molecule has 7 heteroatoms. The van der Waals surface area contributed by atoms with Gasteiger partial charge in [0.05, 0.1) is 0 Å². The number of sulfonamides is 1. The first-order valence-electron chi connectivity index (χ1n) is 8.85. The maximum absolute atomic E-state index is 12.8. The molecule has 1 saturated heterocycles. The lowest BCUT2D eigenvalue weighted by atomic mass is 10.0. The van der Waals surface area contributed by atoms with Crippen LogP contribution < -0.4 is 5.32 Å². The van der Waals surface area contributed by atoms with Crippen LogP contribution in [0.1, 0.15) is 55.9 Å². The number of carbonyl (C=O) groups excluding carboxylic acids is 1. The fraction of sp³-hybridized carbons (Fsp3) is 0.706. The third kappa shape index (κ3) is 3.52. The van der Waals surface area contributed by atoms with Crippen LogP contribution in [0.15, 0.2) is 17.2 Å². The fourth-order valence-electron chi connectivity index (χ4n) is 3.60. The Bertz CT molecular complexity index is 697. The minimum absolute atomic E-state index is 0.182. The number of hydrogen-bond acceptors (Lipinski definition) is 3. The van der Waals surface area contributed by atoms with E-state index in [1.807, 2.05) is 0 Å². The van der Waals surface area contributed by atoms with Crippen molar-refractivity contribution >= 4 is 15.9 Å². The molecule has 0 aromatic carbocycles. The zero-order valence-corrected chi connectivity index (χ0v) is 15.3. The smallest absolute Gasteiger partial charge is 0.268 e. The number of aryl methyl sites for hydroxylation is 1. The third-order valence-electron chi connectivity index (χ3n) is 5.28. The number of nitrogens with one attached hydrogen (secondary N) is 1. The Labute approximate surface area is 144 Å².